The lowest BCUT2D eigenvalue weighted by Gasteiger charge is -2.18. The van der Waals surface area contributed by atoms with Crippen molar-refractivity contribution in [2.45, 2.75) is 4.90 Å². The minimum Gasteiger partial charge on any atom is -0.455 e. The first-order valence-electron chi connectivity index (χ1n) is 4.29. The molecule has 0 aromatic heterocycles. The Hall–Kier alpha value is -1.41. The van der Waals surface area contributed by atoms with E-state index in [9.17, 15) is 0 Å². The minimum atomic E-state index is 0.781. The zero-order valence-electron chi connectivity index (χ0n) is 7.69. The van der Waals surface area contributed by atoms with Crippen molar-refractivity contribution in [1.29, 1.82) is 0 Å². The molecule has 0 N–H and O–H groups in total. The van der Waals surface area contributed by atoms with Gasteiger partial charge in [-0.05, 0) is 18.2 Å². The first kappa shape index (κ1) is 9.16. The second-order valence-electron chi connectivity index (χ2n) is 2.79. The average molecular weight is 202 g/mol. The van der Waals surface area contributed by atoms with Crippen LogP contribution in [0.15, 0.2) is 65.1 Å². The van der Waals surface area contributed by atoms with Gasteiger partial charge in [0.25, 0.3) is 0 Å². The van der Waals surface area contributed by atoms with E-state index < -0.39 is 0 Å². The van der Waals surface area contributed by atoms with Gasteiger partial charge in [0, 0.05) is 0 Å². The Balaban J connectivity index is 2.45. The molecule has 0 aliphatic carbocycles. The van der Waals surface area contributed by atoms with Crippen LogP contribution in [-0.2, 0) is 0 Å². The maximum Gasteiger partial charge on any atom is 0.141 e. The van der Waals surface area contributed by atoms with Crippen molar-refractivity contribution in [1.82, 2.24) is 0 Å². The van der Waals surface area contributed by atoms with Gasteiger partial charge in [0.05, 0.1) is 9.80 Å². The fraction of sp³-hybridized carbons (Fsp3) is 0. The Morgan fingerprint density at radius 2 is 1.93 bits per heavy atom. The van der Waals surface area contributed by atoms with Gasteiger partial charge in [-0.1, -0.05) is 43.1 Å². The number of thioether (sulfide) groups is 1. The van der Waals surface area contributed by atoms with Gasteiger partial charge in [0.2, 0.25) is 0 Å². The quantitative estimate of drug-likeness (QED) is 0.722. The van der Waals surface area contributed by atoms with Crippen LogP contribution in [0.3, 0.4) is 0 Å². The largest absolute Gasteiger partial charge is 0.455 e. The highest BCUT2D eigenvalue weighted by Crippen LogP contribution is 2.41. The van der Waals surface area contributed by atoms with Crippen LogP contribution in [0.4, 0.5) is 0 Å². The van der Waals surface area contributed by atoms with Crippen LogP contribution in [0, 0.1) is 0 Å². The van der Waals surface area contributed by atoms with Crippen molar-refractivity contribution in [2.75, 3.05) is 0 Å². The predicted octanol–water partition coefficient (Wildman–Crippen LogP) is 3.75. The standard InChI is InChI=1S/C12H10OS/c1-3-9-11(4-2)14-12-8-6-5-7-10(12)13-9/h3-8H,1-2H2. The van der Waals surface area contributed by atoms with E-state index in [0.29, 0.717) is 0 Å². The second kappa shape index (κ2) is 3.76. The maximum atomic E-state index is 5.65. The molecule has 1 heterocycles. The van der Waals surface area contributed by atoms with Crippen LogP contribution in [0.25, 0.3) is 0 Å². The van der Waals surface area contributed by atoms with E-state index in [1.54, 1.807) is 23.9 Å². The van der Waals surface area contributed by atoms with Gasteiger partial charge in [0.15, 0.2) is 0 Å². The van der Waals surface area contributed by atoms with Gasteiger partial charge in [-0.25, -0.2) is 0 Å². The zero-order valence-corrected chi connectivity index (χ0v) is 8.51. The minimum absolute atomic E-state index is 0.781. The lowest BCUT2D eigenvalue weighted by Crippen LogP contribution is -2.00. The van der Waals surface area contributed by atoms with Gasteiger partial charge in [-0.2, -0.15) is 0 Å². The molecule has 0 saturated carbocycles. The highest BCUT2D eigenvalue weighted by molar-refractivity contribution is 8.03. The molecule has 0 fully saturated rings. The Morgan fingerprint density at radius 1 is 1.14 bits per heavy atom. The smallest absolute Gasteiger partial charge is 0.141 e. The summed E-state index contributed by atoms with van der Waals surface area (Å²) < 4.78 is 5.65. The number of fused-ring (bicyclic) bond motifs is 1. The van der Waals surface area contributed by atoms with Crippen molar-refractivity contribution in [3.8, 4) is 5.75 Å². The van der Waals surface area contributed by atoms with Crippen molar-refractivity contribution in [2.24, 2.45) is 0 Å². The van der Waals surface area contributed by atoms with Gasteiger partial charge in [-0.15, -0.1) is 0 Å². The molecule has 14 heavy (non-hydrogen) atoms. The summed E-state index contributed by atoms with van der Waals surface area (Å²) in [4.78, 5) is 2.13. The Morgan fingerprint density at radius 3 is 2.64 bits per heavy atom. The summed E-state index contributed by atoms with van der Waals surface area (Å²) in [5.41, 5.74) is 0. The molecule has 0 amide bonds. The number of ether oxygens (including phenoxy) is 1. The van der Waals surface area contributed by atoms with E-state index in [2.05, 4.69) is 13.2 Å². The molecule has 0 bridgehead atoms. The van der Waals surface area contributed by atoms with Crippen molar-refractivity contribution in [3.63, 3.8) is 0 Å². The topological polar surface area (TPSA) is 9.23 Å². The summed E-state index contributed by atoms with van der Waals surface area (Å²) in [6, 6.07) is 7.93. The van der Waals surface area contributed by atoms with Gasteiger partial charge in [-0.3, -0.25) is 0 Å². The molecule has 0 saturated heterocycles. The van der Waals surface area contributed by atoms with Crippen molar-refractivity contribution >= 4 is 11.8 Å². The number of rotatable bonds is 2. The third-order valence-electron chi connectivity index (χ3n) is 1.90. The SMILES string of the molecule is C=CC1=C(C=C)Sc2ccccc2O1. The fourth-order valence-electron chi connectivity index (χ4n) is 1.24. The van der Waals surface area contributed by atoms with E-state index >= 15 is 0 Å². The van der Waals surface area contributed by atoms with Gasteiger partial charge >= 0.3 is 0 Å². The molecule has 70 valence electrons. The number of benzene rings is 1. The molecule has 2 rings (SSSR count). The Bertz CT molecular complexity index is 379. The van der Waals surface area contributed by atoms with E-state index in [1.165, 1.54) is 0 Å². The average Bonchev–Trinajstić information content (AvgIpc) is 2.27. The van der Waals surface area contributed by atoms with Crippen LogP contribution in [-0.4, -0.2) is 0 Å². The monoisotopic (exact) mass is 202 g/mol. The number of hydrogen-bond acceptors (Lipinski definition) is 2. The van der Waals surface area contributed by atoms with Gasteiger partial charge < -0.3 is 4.74 Å². The Kier molecular flexibility index (Phi) is 2.46. The number of para-hydroxylation sites is 1. The zero-order chi connectivity index (χ0) is 9.97. The lowest BCUT2D eigenvalue weighted by molar-refractivity contribution is 0.430. The molecule has 0 spiro atoms. The summed E-state index contributed by atoms with van der Waals surface area (Å²) in [5, 5.41) is 0. The maximum absolute atomic E-state index is 5.65. The summed E-state index contributed by atoms with van der Waals surface area (Å²) in [7, 11) is 0. The van der Waals surface area contributed by atoms with Crippen LogP contribution < -0.4 is 4.74 Å². The molecular formula is C12H10OS. The van der Waals surface area contributed by atoms with Crippen LogP contribution in [0.5, 0.6) is 5.75 Å². The number of hydrogen-bond donors (Lipinski definition) is 0. The van der Waals surface area contributed by atoms with Crippen LogP contribution in [0.2, 0.25) is 0 Å². The van der Waals surface area contributed by atoms with Crippen molar-refractivity contribution < 1.29 is 4.74 Å². The molecule has 2 heteroatoms. The molecule has 1 aliphatic heterocycles. The van der Waals surface area contributed by atoms with Gasteiger partial charge in [0.1, 0.15) is 11.5 Å². The summed E-state index contributed by atoms with van der Waals surface area (Å²) >= 11 is 1.65. The van der Waals surface area contributed by atoms with Crippen LogP contribution >= 0.6 is 11.8 Å². The van der Waals surface area contributed by atoms with E-state index in [4.69, 9.17) is 4.74 Å². The number of allylic oxidation sites excluding steroid dienone is 2. The Labute approximate surface area is 87.8 Å². The molecule has 1 nitrogen and oxygen atoms in total. The van der Waals surface area contributed by atoms with E-state index in [0.717, 1.165) is 21.3 Å². The van der Waals surface area contributed by atoms with E-state index in [1.807, 2.05) is 24.3 Å². The molecule has 1 aromatic rings. The first-order valence-corrected chi connectivity index (χ1v) is 5.10. The highest BCUT2D eigenvalue weighted by atomic mass is 32.2. The third kappa shape index (κ3) is 1.49. The second-order valence-corrected chi connectivity index (χ2v) is 3.87. The molecule has 1 aromatic carbocycles. The third-order valence-corrected chi connectivity index (χ3v) is 3.05. The lowest BCUT2D eigenvalue weighted by atomic mass is 10.3. The van der Waals surface area contributed by atoms with Crippen LogP contribution in [0.1, 0.15) is 0 Å². The summed E-state index contributed by atoms with van der Waals surface area (Å²) in [6.07, 6.45) is 3.50. The van der Waals surface area contributed by atoms with E-state index in [-0.39, 0.29) is 0 Å². The first-order chi connectivity index (χ1) is 6.85. The molecule has 0 unspecified atom stereocenters. The normalized spacial score (nSPS) is 14.3. The predicted molar refractivity (Wildman–Crippen MR) is 60.3 cm³/mol. The molecule has 0 radical (unpaired) electrons. The molecule has 1 aliphatic rings. The molecular weight excluding hydrogens is 192 g/mol. The highest BCUT2D eigenvalue weighted by Gasteiger charge is 2.15. The fourth-order valence-corrected chi connectivity index (χ4v) is 2.14. The summed E-state index contributed by atoms with van der Waals surface area (Å²) in [6.45, 7) is 7.46. The molecule has 0 atom stereocenters. The van der Waals surface area contributed by atoms with Crippen molar-refractivity contribution in [3.05, 3.63) is 60.2 Å². The summed E-state index contributed by atoms with van der Waals surface area (Å²) in [5.74, 6) is 1.67.